The Morgan fingerprint density at radius 3 is 2.58 bits per heavy atom. The van der Waals surface area contributed by atoms with Crippen LogP contribution in [0, 0.1) is 0 Å². The summed E-state index contributed by atoms with van der Waals surface area (Å²) in [5.74, 6) is -0.222. The molecule has 9 nitrogen and oxygen atoms in total. The molecule has 1 aliphatic rings. The van der Waals surface area contributed by atoms with Gasteiger partial charge in [0.1, 0.15) is 15.2 Å². The van der Waals surface area contributed by atoms with Gasteiger partial charge in [0.05, 0.1) is 11.5 Å². The summed E-state index contributed by atoms with van der Waals surface area (Å²) >= 11 is 1.25. The Morgan fingerprint density at radius 2 is 1.97 bits per heavy atom. The first-order chi connectivity index (χ1) is 15.7. The van der Waals surface area contributed by atoms with Crippen molar-refractivity contribution in [3.63, 3.8) is 0 Å². The van der Waals surface area contributed by atoms with E-state index in [0.29, 0.717) is 23.4 Å². The average molecular weight is 491 g/mol. The Bertz CT molecular complexity index is 1280. The monoisotopic (exact) mass is 490 g/mol. The van der Waals surface area contributed by atoms with Gasteiger partial charge in [-0.05, 0) is 31.5 Å². The van der Waals surface area contributed by atoms with Gasteiger partial charge in [-0.25, -0.2) is 18.2 Å². The second-order valence-electron chi connectivity index (χ2n) is 8.09. The van der Waals surface area contributed by atoms with E-state index in [2.05, 4.69) is 4.98 Å². The number of para-hydroxylation sites is 1. The number of hydrogen-bond donors (Lipinski definition) is 0. The highest BCUT2D eigenvalue weighted by atomic mass is 32.2. The lowest BCUT2D eigenvalue weighted by molar-refractivity contribution is -0.136. The molecule has 1 aromatic carbocycles. The highest BCUT2D eigenvalue weighted by Gasteiger charge is 2.34. The predicted molar refractivity (Wildman–Crippen MR) is 128 cm³/mol. The van der Waals surface area contributed by atoms with E-state index in [-0.39, 0.29) is 17.5 Å². The molecule has 2 aromatic heterocycles. The number of carbonyl (C=O) groups is 2. The SMILES string of the molecule is CCN(C(=O)COC(=O)c1cc2nc(N(C)C)n(-c3ccccc3)c2s1)[C@@H]1CCS(=O)(=O)C1. The van der Waals surface area contributed by atoms with Crippen LogP contribution >= 0.6 is 11.3 Å². The number of rotatable bonds is 7. The minimum absolute atomic E-state index is 0.0420. The molecule has 0 radical (unpaired) electrons. The van der Waals surface area contributed by atoms with Crippen molar-refractivity contribution in [1.82, 2.24) is 14.5 Å². The highest BCUT2D eigenvalue weighted by molar-refractivity contribution is 7.91. The van der Waals surface area contributed by atoms with Gasteiger partial charge in [-0.1, -0.05) is 18.2 Å². The molecular weight excluding hydrogens is 464 g/mol. The summed E-state index contributed by atoms with van der Waals surface area (Å²) in [4.78, 5) is 34.5. The van der Waals surface area contributed by atoms with Crippen molar-refractivity contribution in [1.29, 1.82) is 0 Å². The van der Waals surface area contributed by atoms with Crippen molar-refractivity contribution in [2.24, 2.45) is 0 Å². The number of benzene rings is 1. The molecule has 1 atom stereocenters. The molecule has 0 aliphatic carbocycles. The third kappa shape index (κ3) is 4.74. The molecule has 0 bridgehead atoms. The number of carbonyl (C=O) groups excluding carboxylic acids is 2. The van der Waals surface area contributed by atoms with E-state index >= 15 is 0 Å². The first-order valence-electron chi connectivity index (χ1n) is 10.6. The molecule has 3 aromatic rings. The van der Waals surface area contributed by atoms with E-state index in [1.807, 2.05) is 53.9 Å². The summed E-state index contributed by atoms with van der Waals surface area (Å²) in [6.07, 6.45) is 0.412. The summed E-state index contributed by atoms with van der Waals surface area (Å²) in [6.45, 7) is 1.71. The first-order valence-corrected chi connectivity index (χ1v) is 13.3. The zero-order valence-corrected chi connectivity index (χ0v) is 20.4. The molecule has 11 heteroatoms. The number of amides is 1. The van der Waals surface area contributed by atoms with Crippen molar-refractivity contribution in [2.75, 3.05) is 43.7 Å². The summed E-state index contributed by atoms with van der Waals surface area (Å²) in [6, 6.07) is 11.0. The van der Waals surface area contributed by atoms with E-state index in [4.69, 9.17) is 4.74 Å². The van der Waals surface area contributed by atoms with Gasteiger partial charge in [-0.3, -0.25) is 9.36 Å². The van der Waals surface area contributed by atoms with Crippen LogP contribution in [0.25, 0.3) is 16.0 Å². The molecule has 176 valence electrons. The van der Waals surface area contributed by atoms with Gasteiger partial charge in [0.25, 0.3) is 5.91 Å². The summed E-state index contributed by atoms with van der Waals surface area (Å²) in [5.41, 5.74) is 1.59. The molecule has 0 unspecified atom stereocenters. The maximum absolute atomic E-state index is 12.7. The summed E-state index contributed by atoms with van der Waals surface area (Å²) < 4.78 is 30.8. The summed E-state index contributed by atoms with van der Waals surface area (Å²) in [7, 11) is 0.692. The standard InChI is InChI=1S/C22H26N4O5S2/c1-4-25(16-10-11-33(29,30)14-16)19(27)13-31-21(28)18-12-17-20(32-18)26(22(23-17)24(2)3)15-8-6-5-7-9-15/h5-9,12,16H,4,10-11,13-14H2,1-3H3/t16-/m1/s1. The first kappa shape index (κ1) is 23.2. The minimum Gasteiger partial charge on any atom is -0.451 e. The van der Waals surface area contributed by atoms with Crippen LogP contribution < -0.4 is 4.90 Å². The molecule has 1 saturated heterocycles. The van der Waals surface area contributed by atoms with E-state index in [9.17, 15) is 18.0 Å². The third-order valence-electron chi connectivity index (χ3n) is 5.57. The van der Waals surface area contributed by atoms with Crippen molar-refractivity contribution >= 4 is 49.3 Å². The number of ether oxygens (including phenoxy) is 1. The Hall–Kier alpha value is -2.92. The number of fused-ring (bicyclic) bond motifs is 1. The zero-order valence-electron chi connectivity index (χ0n) is 18.7. The lowest BCUT2D eigenvalue weighted by Crippen LogP contribution is -2.43. The van der Waals surface area contributed by atoms with Crippen LogP contribution in [-0.4, -0.2) is 79.5 Å². The van der Waals surface area contributed by atoms with Crippen molar-refractivity contribution in [3.8, 4) is 5.69 Å². The van der Waals surface area contributed by atoms with Gasteiger partial charge in [0.2, 0.25) is 5.95 Å². The minimum atomic E-state index is -3.12. The Labute approximate surface area is 196 Å². The van der Waals surface area contributed by atoms with E-state index in [1.165, 1.54) is 16.2 Å². The van der Waals surface area contributed by atoms with Crippen LogP contribution in [0.2, 0.25) is 0 Å². The number of thiophene rings is 1. The maximum atomic E-state index is 12.7. The predicted octanol–water partition coefficient (Wildman–Crippen LogP) is 2.35. The van der Waals surface area contributed by atoms with Crippen LogP contribution in [-0.2, 0) is 19.4 Å². The highest BCUT2D eigenvalue weighted by Crippen LogP contribution is 2.33. The van der Waals surface area contributed by atoms with E-state index in [1.54, 1.807) is 13.0 Å². The van der Waals surface area contributed by atoms with Gasteiger partial charge < -0.3 is 14.5 Å². The smallest absolute Gasteiger partial charge is 0.348 e. The number of aromatic nitrogens is 2. The molecule has 3 heterocycles. The van der Waals surface area contributed by atoms with Gasteiger partial charge in [-0.2, -0.15) is 0 Å². The lowest BCUT2D eigenvalue weighted by atomic mass is 10.2. The molecule has 0 spiro atoms. The number of likely N-dealkylation sites (N-methyl/N-ethyl adjacent to an activating group) is 1. The number of anilines is 1. The number of imidazole rings is 1. The number of nitrogens with zero attached hydrogens (tertiary/aromatic N) is 4. The Morgan fingerprint density at radius 1 is 1.24 bits per heavy atom. The van der Waals surface area contributed by atoms with Gasteiger partial charge in [0, 0.05) is 32.4 Å². The van der Waals surface area contributed by atoms with Crippen LogP contribution in [0.4, 0.5) is 5.95 Å². The fourth-order valence-corrected chi connectivity index (χ4v) is 6.75. The van der Waals surface area contributed by atoms with E-state index < -0.39 is 28.3 Å². The van der Waals surface area contributed by atoms with Crippen LogP contribution in [0.5, 0.6) is 0 Å². The third-order valence-corrected chi connectivity index (χ3v) is 8.41. The van der Waals surface area contributed by atoms with Crippen LogP contribution in [0.1, 0.15) is 23.0 Å². The molecule has 1 aliphatic heterocycles. The lowest BCUT2D eigenvalue weighted by Gasteiger charge is -2.26. The van der Waals surface area contributed by atoms with Gasteiger partial charge >= 0.3 is 5.97 Å². The molecule has 1 fully saturated rings. The summed E-state index contributed by atoms with van der Waals surface area (Å²) in [5, 5.41) is 0. The fourth-order valence-electron chi connectivity index (χ4n) is 4.01. The second kappa shape index (κ2) is 9.14. The van der Waals surface area contributed by atoms with Crippen molar-refractivity contribution < 1.29 is 22.7 Å². The fraction of sp³-hybridized carbons (Fsp3) is 0.409. The maximum Gasteiger partial charge on any atom is 0.348 e. The molecule has 4 rings (SSSR count). The zero-order chi connectivity index (χ0) is 23.8. The Kier molecular flexibility index (Phi) is 6.44. The average Bonchev–Trinajstić information content (AvgIpc) is 3.45. The van der Waals surface area contributed by atoms with Gasteiger partial charge in [-0.15, -0.1) is 11.3 Å². The van der Waals surface area contributed by atoms with Crippen LogP contribution in [0.3, 0.4) is 0 Å². The van der Waals surface area contributed by atoms with E-state index in [0.717, 1.165) is 16.5 Å². The topological polar surface area (TPSA) is 102 Å². The number of esters is 1. The normalized spacial score (nSPS) is 17.2. The second-order valence-corrected chi connectivity index (χ2v) is 11.4. The molecule has 0 N–H and O–H groups in total. The number of sulfone groups is 1. The largest absolute Gasteiger partial charge is 0.451 e. The Balaban J connectivity index is 1.51. The van der Waals surface area contributed by atoms with Gasteiger partial charge in [0.15, 0.2) is 16.4 Å². The molecule has 33 heavy (non-hydrogen) atoms. The molecule has 1 amide bonds. The molecular formula is C22H26N4O5S2. The quantitative estimate of drug-likeness (QED) is 0.469. The van der Waals surface area contributed by atoms with Crippen LogP contribution in [0.15, 0.2) is 36.4 Å². The number of hydrogen-bond acceptors (Lipinski definition) is 8. The van der Waals surface area contributed by atoms with Crippen molar-refractivity contribution in [3.05, 3.63) is 41.3 Å². The van der Waals surface area contributed by atoms with Crippen molar-refractivity contribution in [2.45, 2.75) is 19.4 Å². The molecule has 0 saturated carbocycles.